The first-order valence-corrected chi connectivity index (χ1v) is 15.1. The maximum Gasteiger partial charge on any atom is 0.127 e. The van der Waals surface area contributed by atoms with E-state index in [1.54, 1.807) is 0 Å². The molecule has 0 N–H and O–H groups in total. The molecule has 0 radical (unpaired) electrons. The second kappa shape index (κ2) is 18.1. The van der Waals surface area contributed by atoms with Gasteiger partial charge in [-0.05, 0) is 98.6 Å². The predicted octanol–water partition coefficient (Wildman–Crippen LogP) is 12.0. The van der Waals surface area contributed by atoms with Crippen molar-refractivity contribution >= 4 is 0 Å². The third-order valence-corrected chi connectivity index (χ3v) is 7.61. The van der Waals surface area contributed by atoms with E-state index in [1.165, 1.54) is 75.3 Å². The quantitative estimate of drug-likeness (QED) is 0.145. The first-order chi connectivity index (χ1) is 18.0. The van der Waals surface area contributed by atoms with Gasteiger partial charge in [-0.15, -0.1) is 0 Å². The van der Waals surface area contributed by atoms with Gasteiger partial charge in [-0.3, -0.25) is 0 Å². The van der Waals surface area contributed by atoms with E-state index < -0.39 is 0 Å². The van der Waals surface area contributed by atoms with Crippen molar-refractivity contribution < 1.29 is 4.74 Å². The van der Waals surface area contributed by atoms with Crippen molar-refractivity contribution in [1.82, 2.24) is 0 Å². The van der Waals surface area contributed by atoms with Gasteiger partial charge in [0.1, 0.15) is 11.5 Å². The molecule has 0 aliphatic heterocycles. The fourth-order valence-corrected chi connectivity index (χ4v) is 5.59. The highest BCUT2D eigenvalue weighted by Gasteiger charge is 2.16. The maximum absolute atomic E-state index is 6.26. The Morgan fingerprint density at radius 2 is 0.973 bits per heavy atom. The minimum absolute atomic E-state index is 0.609. The third-order valence-electron chi connectivity index (χ3n) is 7.61. The van der Waals surface area contributed by atoms with Crippen LogP contribution >= 0.6 is 0 Å². The van der Waals surface area contributed by atoms with Crippen LogP contribution in [0.5, 0.6) is 11.5 Å². The number of unbranched alkanes of at least 4 members (excludes halogenated alkanes) is 4. The minimum atomic E-state index is 0.609. The van der Waals surface area contributed by atoms with Crippen LogP contribution in [0.15, 0.2) is 72.8 Å². The lowest BCUT2D eigenvalue weighted by Gasteiger charge is -2.21. The molecule has 204 valence electrons. The summed E-state index contributed by atoms with van der Waals surface area (Å²) >= 11 is 0. The second-order valence-corrected chi connectivity index (χ2v) is 11.1. The molecule has 0 saturated carbocycles. The van der Waals surface area contributed by atoms with E-state index in [0.717, 1.165) is 11.5 Å². The molecule has 37 heavy (non-hydrogen) atoms. The van der Waals surface area contributed by atoms with Crippen LogP contribution in [0.2, 0.25) is 0 Å². The molecule has 0 bridgehead atoms. The molecular weight excluding hydrogens is 448 g/mol. The van der Waals surface area contributed by atoms with Gasteiger partial charge < -0.3 is 4.74 Å². The van der Waals surface area contributed by atoms with E-state index in [1.807, 2.05) is 0 Å². The Bertz CT molecular complexity index is 814. The Labute approximate surface area is 229 Å². The number of allylic oxidation sites excluding steroid dienone is 4. The van der Waals surface area contributed by atoms with Gasteiger partial charge in [-0.25, -0.2) is 0 Å². The van der Waals surface area contributed by atoms with Crippen molar-refractivity contribution in [2.24, 2.45) is 11.8 Å². The minimum Gasteiger partial charge on any atom is -0.457 e. The number of ether oxygens (including phenoxy) is 1. The molecule has 0 amide bonds. The van der Waals surface area contributed by atoms with E-state index in [0.29, 0.717) is 23.7 Å². The normalized spacial score (nSPS) is 15.2. The molecule has 1 heteroatoms. The van der Waals surface area contributed by atoms with Gasteiger partial charge in [-0.2, -0.15) is 0 Å². The summed E-state index contributed by atoms with van der Waals surface area (Å²) in [5.74, 6) is 4.29. The molecule has 4 atom stereocenters. The van der Waals surface area contributed by atoms with E-state index in [4.69, 9.17) is 4.74 Å². The Hall–Kier alpha value is -2.28. The fraction of sp³-hybridized carbons (Fsp3) is 0.556. The zero-order valence-corrected chi connectivity index (χ0v) is 24.7. The summed E-state index contributed by atoms with van der Waals surface area (Å²) in [5, 5.41) is 0. The highest BCUT2D eigenvalue weighted by atomic mass is 16.5. The summed E-state index contributed by atoms with van der Waals surface area (Å²) in [6, 6.07) is 17.8. The number of hydrogen-bond donors (Lipinski definition) is 0. The zero-order chi connectivity index (χ0) is 26.9. The summed E-state index contributed by atoms with van der Waals surface area (Å²) in [5.41, 5.74) is 2.89. The summed E-state index contributed by atoms with van der Waals surface area (Å²) in [6.45, 7) is 13.5. The summed E-state index contributed by atoms with van der Waals surface area (Å²) in [4.78, 5) is 0. The molecule has 0 spiro atoms. The van der Waals surface area contributed by atoms with Gasteiger partial charge in [0.15, 0.2) is 0 Å². The van der Waals surface area contributed by atoms with Crippen LogP contribution < -0.4 is 4.74 Å². The second-order valence-electron chi connectivity index (χ2n) is 11.1. The van der Waals surface area contributed by atoms with Gasteiger partial charge in [0, 0.05) is 0 Å². The van der Waals surface area contributed by atoms with Crippen molar-refractivity contribution in [1.29, 1.82) is 0 Å². The van der Waals surface area contributed by atoms with Crippen molar-refractivity contribution in [2.75, 3.05) is 0 Å². The summed E-state index contributed by atoms with van der Waals surface area (Å²) < 4.78 is 6.26. The average Bonchev–Trinajstić information content (AvgIpc) is 2.89. The van der Waals surface area contributed by atoms with E-state index in [2.05, 4.69) is 114 Å². The molecule has 2 aromatic carbocycles. The molecule has 0 saturated heterocycles. The topological polar surface area (TPSA) is 9.23 Å². The molecule has 1 nitrogen and oxygen atoms in total. The van der Waals surface area contributed by atoms with E-state index in [-0.39, 0.29) is 0 Å². The first kappa shape index (κ1) is 30.9. The van der Waals surface area contributed by atoms with Crippen LogP contribution in [-0.4, -0.2) is 0 Å². The van der Waals surface area contributed by atoms with Crippen LogP contribution in [0.3, 0.4) is 0 Å². The highest BCUT2D eigenvalue weighted by molar-refractivity contribution is 5.36. The molecule has 0 aromatic heterocycles. The SMILES string of the molecule is CC=CC(C)CC(CCCCC)c1ccc(Oc2ccc(C(CCCCC)CC(C)C=CC)cc2)cc1. The Kier molecular flexibility index (Phi) is 15.1. The molecule has 0 aliphatic carbocycles. The third kappa shape index (κ3) is 11.8. The number of benzene rings is 2. The van der Waals surface area contributed by atoms with Crippen LogP contribution in [0.4, 0.5) is 0 Å². The van der Waals surface area contributed by atoms with Gasteiger partial charge in [0.2, 0.25) is 0 Å². The molecule has 2 aromatic rings. The van der Waals surface area contributed by atoms with Crippen molar-refractivity contribution in [3.8, 4) is 11.5 Å². The largest absolute Gasteiger partial charge is 0.457 e. The number of hydrogen-bond acceptors (Lipinski definition) is 1. The monoisotopic (exact) mass is 502 g/mol. The van der Waals surface area contributed by atoms with Gasteiger partial charge in [-0.1, -0.05) is 115 Å². The summed E-state index contributed by atoms with van der Waals surface area (Å²) in [6.07, 6.45) is 21.8. The summed E-state index contributed by atoms with van der Waals surface area (Å²) in [7, 11) is 0. The molecule has 0 fully saturated rings. The van der Waals surface area contributed by atoms with Crippen LogP contribution in [0, 0.1) is 11.8 Å². The molecule has 0 heterocycles. The van der Waals surface area contributed by atoms with Gasteiger partial charge in [0.05, 0.1) is 0 Å². The van der Waals surface area contributed by atoms with E-state index >= 15 is 0 Å². The Morgan fingerprint density at radius 3 is 1.30 bits per heavy atom. The van der Waals surface area contributed by atoms with Crippen LogP contribution in [0.25, 0.3) is 0 Å². The predicted molar refractivity (Wildman–Crippen MR) is 164 cm³/mol. The highest BCUT2D eigenvalue weighted by Crippen LogP contribution is 2.34. The van der Waals surface area contributed by atoms with Crippen molar-refractivity contribution in [3.05, 3.63) is 84.0 Å². The van der Waals surface area contributed by atoms with Crippen LogP contribution in [0.1, 0.15) is 129 Å². The number of rotatable bonds is 18. The van der Waals surface area contributed by atoms with Crippen molar-refractivity contribution in [2.45, 2.75) is 118 Å². The molecular formula is C36H54O. The zero-order valence-electron chi connectivity index (χ0n) is 24.7. The molecule has 0 aliphatic rings. The lowest BCUT2D eigenvalue weighted by molar-refractivity contribution is 0.471. The first-order valence-electron chi connectivity index (χ1n) is 15.1. The fourth-order valence-electron chi connectivity index (χ4n) is 5.59. The molecule has 4 unspecified atom stereocenters. The lowest BCUT2D eigenvalue weighted by atomic mass is 9.85. The smallest absolute Gasteiger partial charge is 0.127 e. The van der Waals surface area contributed by atoms with Crippen LogP contribution in [-0.2, 0) is 0 Å². The lowest BCUT2D eigenvalue weighted by Crippen LogP contribution is -2.05. The Balaban J connectivity index is 2.06. The maximum atomic E-state index is 6.26. The van der Waals surface area contributed by atoms with Crippen molar-refractivity contribution in [3.63, 3.8) is 0 Å². The van der Waals surface area contributed by atoms with Gasteiger partial charge in [0.25, 0.3) is 0 Å². The Morgan fingerprint density at radius 1 is 0.595 bits per heavy atom. The molecule has 2 rings (SSSR count). The van der Waals surface area contributed by atoms with Gasteiger partial charge >= 0.3 is 0 Å². The standard InChI is InChI=1S/C36H54O/c1-7-11-13-17-33(27-29(5)15-9-3)31-19-23-35(24-20-31)37-36-25-21-32(22-26-36)34(18-14-12-8-2)28-30(6)16-10-4/h9-10,15-16,19-26,29-30,33-34H,7-8,11-14,17-18,27-28H2,1-6H3. The average molecular weight is 503 g/mol. The van der Waals surface area contributed by atoms with E-state index in [9.17, 15) is 0 Å².